The topological polar surface area (TPSA) is 64.0 Å². The normalized spacial score (nSPS) is 24.9. The van der Waals surface area contributed by atoms with E-state index >= 15 is 0 Å². The fourth-order valence-corrected chi connectivity index (χ4v) is 4.41. The molecule has 1 fully saturated rings. The van der Waals surface area contributed by atoms with Gasteiger partial charge in [0.25, 0.3) is 0 Å². The van der Waals surface area contributed by atoms with E-state index in [9.17, 15) is 8.42 Å². The van der Waals surface area contributed by atoms with Crippen molar-refractivity contribution in [3.8, 4) is 0 Å². The smallest absolute Gasteiger partial charge is 0.150 e. The third-order valence-corrected chi connectivity index (χ3v) is 5.25. The maximum Gasteiger partial charge on any atom is 0.150 e. The Morgan fingerprint density at radius 1 is 1.65 bits per heavy atom. The standard InChI is InChI=1S/C11H19N3O2S/c1-3-14-8-13-6-10(14)11(12-2)9-4-5-17(15,16)7-9/h6,8-9,11-12H,3-5,7H2,1-2H3. The summed E-state index contributed by atoms with van der Waals surface area (Å²) >= 11 is 0. The Kier molecular flexibility index (Phi) is 3.53. The third kappa shape index (κ3) is 2.52. The predicted octanol–water partition coefficient (Wildman–Crippen LogP) is 0.598. The van der Waals surface area contributed by atoms with Crippen LogP contribution in [0.25, 0.3) is 0 Å². The number of aryl methyl sites for hydroxylation is 1. The fourth-order valence-electron chi connectivity index (χ4n) is 2.57. The van der Waals surface area contributed by atoms with Crippen molar-refractivity contribution in [2.45, 2.75) is 25.9 Å². The van der Waals surface area contributed by atoms with Gasteiger partial charge in [-0.3, -0.25) is 0 Å². The van der Waals surface area contributed by atoms with Crippen molar-refractivity contribution in [2.24, 2.45) is 5.92 Å². The van der Waals surface area contributed by atoms with E-state index in [2.05, 4.69) is 21.8 Å². The van der Waals surface area contributed by atoms with E-state index in [0.717, 1.165) is 18.7 Å². The van der Waals surface area contributed by atoms with E-state index in [-0.39, 0.29) is 17.7 Å². The molecule has 2 heterocycles. The van der Waals surface area contributed by atoms with E-state index in [1.807, 2.05) is 13.2 Å². The molecule has 6 heteroatoms. The lowest BCUT2D eigenvalue weighted by Crippen LogP contribution is -2.28. The van der Waals surface area contributed by atoms with Crippen molar-refractivity contribution < 1.29 is 8.42 Å². The van der Waals surface area contributed by atoms with Crippen LogP contribution in [-0.2, 0) is 16.4 Å². The van der Waals surface area contributed by atoms with E-state index in [4.69, 9.17) is 0 Å². The van der Waals surface area contributed by atoms with Crippen LogP contribution in [0, 0.1) is 5.92 Å². The van der Waals surface area contributed by atoms with Gasteiger partial charge < -0.3 is 9.88 Å². The Morgan fingerprint density at radius 2 is 2.41 bits per heavy atom. The van der Waals surface area contributed by atoms with Crippen LogP contribution in [0.2, 0.25) is 0 Å². The lowest BCUT2D eigenvalue weighted by Gasteiger charge is -2.22. The minimum atomic E-state index is -2.83. The monoisotopic (exact) mass is 257 g/mol. The lowest BCUT2D eigenvalue weighted by atomic mass is 9.97. The highest BCUT2D eigenvalue weighted by Gasteiger charge is 2.34. The van der Waals surface area contributed by atoms with Crippen LogP contribution in [0.15, 0.2) is 12.5 Å². The number of rotatable bonds is 4. The van der Waals surface area contributed by atoms with Crippen molar-refractivity contribution in [1.29, 1.82) is 0 Å². The van der Waals surface area contributed by atoms with Crippen molar-refractivity contribution in [3.63, 3.8) is 0 Å². The SMILES string of the molecule is CCn1cncc1C(NC)C1CCS(=O)(=O)C1. The molecule has 0 spiro atoms. The Balaban J connectivity index is 2.23. The van der Waals surface area contributed by atoms with Crippen molar-refractivity contribution in [1.82, 2.24) is 14.9 Å². The highest BCUT2D eigenvalue weighted by Crippen LogP contribution is 2.30. The zero-order valence-corrected chi connectivity index (χ0v) is 11.1. The van der Waals surface area contributed by atoms with Crippen LogP contribution in [-0.4, -0.2) is 36.5 Å². The molecule has 2 atom stereocenters. The van der Waals surface area contributed by atoms with Crippen LogP contribution >= 0.6 is 0 Å². The summed E-state index contributed by atoms with van der Waals surface area (Å²) in [5.74, 6) is 0.760. The minimum absolute atomic E-state index is 0.0784. The molecule has 17 heavy (non-hydrogen) atoms. The van der Waals surface area contributed by atoms with Crippen LogP contribution in [0.4, 0.5) is 0 Å². The summed E-state index contributed by atoms with van der Waals surface area (Å²) < 4.78 is 25.1. The summed E-state index contributed by atoms with van der Waals surface area (Å²) in [7, 11) is -0.953. The average molecular weight is 257 g/mol. The minimum Gasteiger partial charge on any atom is -0.333 e. The maximum absolute atomic E-state index is 11.5. The van der Waals surface area contributed by atoms with Gasteiger partial charge >= 0.3 is 0 Å². The number of hydrogen-bond acceptors (Lipinski definition) is 4. The van der Waals surface area contributed by atoms with Crippen molar-refractivity contribution >= 4 is 9.84 Å². The Labute approximate surface area is 102 Å². The number of aromatic nitrogens is 2. The predicted molar refractivity (Wildman–Crippen MR) is 66.5 cm³/mol. The molecule has 1 N–H and O–H groups in total. The van der Waals surface area contributed by atoms with Gasteiger partial charge in [-0.05, 0) is 26.3 Å². The average Bonchev–Trinajstić information content (AvgIpc) is 2.87. The van der Waals surface area contributed by atoms with Gasteiger partial charge in [-0.25, -0.2) is 13.4 Å². The summed E-state index contributed by atoms with van der Waals surface area (Å²) in [6.07, 6.45) is 4.36. The van der Waals surface area contributed by atoms with E-state index in [1.165, 1.54) is 0 Å². The third-order valence-electron chi connectivity index (χ3n) is 3.45. The zero-order valence-electron chi connectivity index (χ0n) is 10.3. The molecule has 1 aliphatic heterocycles. The van der Waals surface area contributed by atoms with Gasteiger partial charge in [-0.1, -0.05) is 0 Å². The highest BCUT2D eigenvalue weighted by molar-refractivity contribution is 7.91. The molecule has 96 valence electrons. The lowest BCUT2D eigenvalue weighted by molar-refractivity contribution is 0.397. The fraction of sp³-hybridized carbons (Fsp3) is 0.727. The first-order valence-electron chi connectivity index (χ1n) is 5.95. The van der Waals surface area contributed by atoms with Crippen molar-refractivity contribution in [2.75, 3.05) is 18.6 Å². The Hall–Kier alpha value is -0.880. The van der Waals surface area contributed by atoms with Gasteiger partial charge in [0.2, 0.25) is 0 Å². The van der Waals surface area contributed by atoms with Crippen LogP contribution in [0.1, 0.15) is 25.1 Å². The number of nitrogens with zero attached hydrogens (tertiary/aromatic N) is 2. The first-order chi connectivity index (χ1) is 8.07. The second-order valence-corrected chi connectivity index (χ2v) is 6.76. The van der Waals surface area contributed by atoms with Crippen LogP contribution < -0.4 is 5.32 Å². The summed E-state index contributed by atoms with van der Waals surface area (Å²) in [4.78, 5) is 4.14. The summed E-state index contributed by atoms with van der Waals surface area (Å²) in [5.41, 5.74) is 1.08. The van der Waals surface area contributed by atoms with E-state index in [1.54, 1.807) is 6.33 Å². The summed E-state index contributed by atoms with van der Waals surface area (Å²) in [6, 6.07) is 0.0784. The molecule has 2 rings (SSSR count). The molecule has 0 aromatic carbocycles. The molecular formula is C11H19N3O2S. The van der Waals surface area contributed by atoms with Gasteiger partial charge in [-0.15, -0.1) is 0 Å². The summed E-state index contributed by atoms with van der Waals surface area (Å²) in [6.45, 7) is 2.91. The van der Waals surface area contributed by atoms with Crippen LogP contribution in [0.5, 0.6) is 0 Å². The highest BCUT2D eigenvalue weighted by atomic mass is 32.2. The molecule has 1 saturated heterocycles. The quantitative estimate of drug-likeness (QED) is 0.858. The molecule has 1 aliphatic rings. The summed E-state index contributed by atoms with van der Waals surface area (Å²) in [5, 5.41) is 3.23. The molecular weight excluding hydrogens is 238 g/mol. The van der Waals surface area contributed by atoms with E-state index in [0.29, 0.717) is 5.75 Å². The number of imidazole rings is 1. The maximum atomic E-state index is 11.5. The number of sulfone groups is 1. The number of hydrogen-bond donors (Lipinski definition) is 1. The van der Waals surface area contributed by atoms with Gasteiger partial charge in [-0.2, -0.15) is 0 Å². The molecule has 0 aliphatic carbocycles. The van der Waals surface area contributed by atoms with Crippen LogP contribution in [0.3, 0.4) is 0 Å². The molecule has 1 aromatic rings. The largest absolute Gasteiger partial charge is 0.333 e. The number of nitrogens with one attached hydrogen (secondary N) is 1. The second-order valence-electron chi connectivity index (χ2n) is 4.53. The van der Waals surface area contributed by atoms with Gasteiger partial charge in [0.1, 0.15) is 0 Å². The molecule has 0 radical (unpaired) electrons. The first kappa shape index (κ1) is 12.6. The Morgan fingerprint density at radius 3 is 2.94 bits per heavy atom. The van der Waals surface area contributed by atoms with Crippen molar-refractivity contribution in [3.05, 3.63) is 18.2 Å². The van der Waals surface area contributed by atoms with Gasteiger partial charge in [0.15, 0.2) is 9.84 Å². The molecule has 2 unspecified atom stereocenters. The zero-order chi connectivity index (χ0) is 12.5. The first-order valence-corrected chi connectivity index (χ1v) is 7.77. The van der Waals surface area contributed by atoms with Gasteiger partial charge in [0.05, 0.1) is 29.6 Å². The molecule has 1 aromatic heterocycles. The van der Waals surface area contributed by atoms with E-state index < -0.39 is 9.84 Å². The second kappa shape index (κ2) is 4.78. The molecule has 0 amide bonds. The molecule has 5 nitrogen and oxygen atoms in total. The van der Waals surface area contributed by atoms with Gasteiger partial charge in [0, 0.05) is 12.7 Å². The molecule has 0 saturated carbocycles. The molecule has 0 bridgehead atoms. The Bertz CT molecular complexity index is 481.